The topological polar surface area (TPSA) is 42.3 Å². The fraction of sp³-hybridized carbons (Fsp3) is 0.583. The van der Waals surface area contributed by atoms with E-state index >= 15 is 0 Å². The first-order valence-corrected chi connectivity index (χ1v) is 4.40. The van der Waals surface area contributed by atoms with Crippen molar-refractivity contribution in [2.75, 3.05) is 42.3 Å². The Balaban J connectivity index is -0.0000000336. The summed E-state index contributed by atoms with van der Waals surface area (Å²) in [6.45, 7) is 0. The molecule has 1 rings (SSSR count). The molecule has 3 nitrogen and oxygen atoms in total. The molecule has 0 N–H and O–H groups in total. The van der Waals surface area contributed by atoms with Crippen molar-refractivity contribution in [3.8, 4) is 0 Å². The maximum Gasteiger partial charge on any atom is 3.00 e. The molecule has 1 radical (unpaired) electrons. The zero-order valence-electron chi connectivity index (χ0n) is 11.8. The molecule has 0 aromatic rings. The summed E-state index contributed by atoms with van der Waals surface area (Å²) in [4.78, 5) is 0. The van der Waals surface area contributed by atoms with Crippen molar-refractivity contribution in [1.82, 2.24) is 0 Å². The summed E-state index contributed by atoms with van der Waals surface area (Å²) in [5.41, 5.74) is 0. The zero-order valence-corrected chi connectivity index (χ0v) is 13.3. The normalized spacial score (nSPS) is 8.88. The van der Waals surface area contributed by atoms with E-state index in [4.69, 9.17) is 0 Å². The van der Waals surface area contributed by atoms with E-state index in [-0.39, 0.29) is 29.1 Å². The SMILES string of the molecule is C[N-]C.C[N-]C.C[N-]C.[C-]1=CC=CC1.[CH3-].[Ti+3]. The van der Waals surface area contributed by atoms with Crippen LogP contribution in [-0.2, 0) is 21.7 Å². The molecule has 1 aliphatic rings. The minimum atomic E-state index is 0. The molecule has 1 aliphatic carbocycles. The Morgan fingerprint density at radius 2 is 1.19 bits per heavy atom. The molecule has 0 heterocycles. The Hall–Kier alpha value is 0.0743. The molecule has 0 aromatic carbocycles. The molecule has 0 unspecified atom stereocenters. The average Bonchev–Trinajstić information content (AvgIpc) is 2.63. The van der Waals surface area contributed by atoms with Crippen LogP contribution in [0.1, 0.15) is 6.42 Å². The van der Waals surface area contributed by atoms with Crippen LogP contribution in [-0.4, -0.2) is 42.3 Å². The molecule has 0 aromatic heterocycles. The molecule has 16 heavy (non-hydrogen) atoms. The predicted octanol–water partition coefficient (Wildman–Crippen LogP) is 3.61. The molecule has 0 aliphatic heterocycles. The van der Waals surface area contributed by atoms with E-state index in [0.717, 1.165) is 6.42 Å². The second-order valence-electron chi connectivity index (χ2n) is 2.34. The summed E-state index contributed by atoms with van der Waals surface area (Å²) in [5.74, 6) is 0. The van der Waals surface area contributed by atoms with Gasteiger partial charge in [0.05, 0.1) is 0 Å². The van der Waals surface area contributed by atoms with E-state index < -0.39 is 0 Å². The van der Waals surface area contributed by atoms with Crippen molar-refractivity contribution in [3.05, 3.63) is 47.7 Å². The van der Waals surface area contributed by atoms with Crippen molar-refractivity contribution < 1.29 is 21.7 Å². The standard InChI is InChI=1S/C5H5.3C2H6N.CH3.Ti/c1-2-4-5-3-1;3*1-3-2;;/h1-3H,4H2;3*1-2H3;1H3;/q5*-1;+3. The molecule has 95 valence electrons. The molecule has 0 saturated carbocycles. The summed E-state index contributed by atoms with van der Waals surface area (Å²) in [6.07, 6.45) is 10.0. The molecule has 0 saturated heterocycles. The summed E-state index contributed by atoms with van der Waals surface area (Å²) < 4.78 is 0. The van der Waals surface area contributed by atoms with Crippen LogP contribution >= 0.6 is 0 Å². The van der Waals surface area contributed by atoms with Crippen molar-refractivity contribution in [1.29, 1.82) is 0 Å². The molecule has 4 heteroatoms. The Kier molecular flexibility index (Phi) is 85.3. The molecular formula is C12H26N3Ti-2. The van der Waals surface area contributed by atoms with Gasteiger partial charge in [0.2, 0.25) is 0 Å². The zero-order chi connectivity index (χ0) is 11.7. The third-order valence-corrected chi connectivity index (χ3v) is 0.586. The van der Waals surface area contributed by atoms with Crippen LogP contribution < -0.4 is 0 Å². The number of rotatable bonds is 0. The van der Waals surface area contributed by atoms with Gasteiger partial charge in [-0.15, -0.1) is 6.42 Å². The minimum Gasteiger partial charge on any atom is -0.668 e. The Labute approximate surface area is 118 Å². The predicted molar refractivity (Wildman–Crippen MR) is 73.6 cm³/mol. The van der Waals surface area contributed by atoms with Crippen molar-refractivity contribution in [3.63, 3.8) is 0 Å². The summed E-state index contributed by atoms with van der Waals surface area (Å²) in [6, 6.07) is 0. The second-order valence-corrected chi connectivity index (χ2v) is 2.34. The van der Waals surface area contributed by atoms with Gasteiger partial charge in [0, 0.05) is 0 Å². The number of allylic oxidation sites excluding steroid dienone is 4. The molecule has 0 fully saturated rings. The van der Waals surface area contributed by atoms with Gasteiger partial charge in [-0.05, 0) is 0 Å². The maximum absolute atomic E-state index is 3.50. The van der Waals surface area contributed by atoms with E-state index in [2.05, 4.69) is 28.1 Å². The first-order chi connectivity index (χ1) is 6.74. The Morgan fingerprint density at radius 1 is 0.875 bits per heavy atom. The van der Waals surface area contributed by atoms with Crippen molar-refractivity contribution >= 4 is 0 Å². The van der Waals surface area contributed by atoms with Gasteiger partial charge in [0.1, 0.15) is 0 Å². The summed E-state index contributed by atoms with van der Waals surface area (Å²) in [5, 5.41) is 10.5. The van der Waals surface area contributed by atoms with Crippen LogP contribution in [0.3, 0.4) is 0 Å². The largest absolute Gasteiger partial charge is 3.00 e. The van der Waals surface area contributed by atoms with E-state index in [0.29, 0.717) is 0 Å². The molecular weight excluding hydrogens is 234 g/mol. The van der Waals surface area contributed by atoms with Gasteiger partial charge in [-0.1, -0.05) is 0 Å². The molecule has 0 amide bonds. The first kappa shape index (κ1) is 29.8. The fourth-order valence-electron chi connectivity index (χ4n) is 0.340. The fourth-order valence-corrected chi connectivity index (χ4v) is 0.340. The van der Waals surface area contributed by atoms with Crippen LogP contribution in [0, 0.1) is 13.5 Å². The van der Waals surface area contributed by atoms with Crippen LogP contribution in [0.25, 0.3) is 16.0 Å². The third-order valence-electron chi connectivity index (χ3n) is 0.586. The van der Waals surface area contributed by atoms with Gasteiger partial charge in [-0.25, -0.2) is 12.2 Å². The van der Waals surface area contributed by atoms with Crippen LogP contribution in [0.5, 0.6) is 0 Å². The molecule has 0 bridgehead atoms. The Morgan fingerprint density at radius 3 is 1.25 bits per heavy atom. The number of hydrogen-bond donors (Lipinski definition) is 0. The number of nitrogens with zero attached hydrogens (tertiary/aromatic N) is 3. The smallest absolute Gasteiger partial charge is 0.668 e. The van der Waals surface area contributed by atoms with E-state index in [9.17, 15) is 0 Å². The Bertz CT molecular complexity index is 100. The quantitative estimate of drug-likeness (QED) is 0.471. The number of hydrogen-bond acceptors (Lipinski definition) is 0. The molecule has 0 spiro atoms. The monoisotopic (exact) mass is 260 g/mol. The maximum atomic E-state index is 3.50. The summed E-state index contributed by atoms with van der Waals surface area (Å²) in [7, 11) is 10.5. The van der Waals surface area contributed by atoms with Gasteiger partial charge in [-0.2, -0.15) is 48.4 Å². The third kappa shape index (κ3) is 93.4. The second kappa shape index (κ2) is 45.8. The minimum absolute atomic E-state index is 0. The van der Waals surface area contributed by atoms with Gasteiger partial charge in [-0.3, -0.25) is 6.08 Å². The average molecular weight is 260 g/mol. The van der Waals surface area contributed by atoms with Crippen LogP contribution in [0.2, 0.25) is 0 Å². The van der Waals surface area contributed by atoms with Gasteiger partial charge in [0.25, 0.3) is 0 Å². The van der Waals surface area contributed by atoms with E-state index in [1.165, 1.54) is 0 Å². The van der Waals surface area contributed by atoms with Crippen LogP contribution in [0.4, 0.5) is 0 Å². The van der Waals surface area contributed by atoms with Crippen molar-refractivity contribution in [2.45, 2.75) is 6.42 Å². The van der Waals surface area contributed by atoms with Crippen molar-refractivity contribution in [2.24, 2.45) is 0 Å². The van der Waals surface area contributed by atoms with Gasteiger partial charge < -0.3 is 23.4 Å². The first-order valence-electron chi connectivity index (χ1n) is 4.40. The molecule has 0 atom stereocenters. The van der Waals surface area contributed by atoms with E-state index in [1.54, 1.807) is 42.3 Å². The van der Waals surface area contributed by atoms with Gasteiger partial charge >= 0.3 is 21.7 Å². The van der Waals surface area contributed by atoms with Crippen LogP contribution in [0.15, 0.2) is 18.2 Å². The van der Waals surface area contributed by atoms with Gasteiger partial charge in [0.15, 0.2) is 0 Å². The van der Waals surface area contributed by atoms with E-state index in [1.807, 2.05) is 12.2 Å². The summed E-state index contributed by atoms with van der Waals surface area (Å²) >= 11 is 0.